The van der Waals surface area contributed by atoms with Crippen LogP contribution in [0.5, 0.6) is 17.2 Å². The molecule has 2 heterocycles. The van der Waals surface area contributed by atoms with Gasteiger partial charge in [0.25, 0.3) is 5.91 Å². The summed E-state index contributed by atoms with van der Waals surface area (Å²) in [5.74, 6) is 1.57. The number of fused-ring (bicyclic) bond motifs is 1. The Morgan fingerprint density at radius 3 is 2.61 bits per heavy atom. The van der Waals surface area contributed by atoms with Crippen molar-refractivity contribution in [3.05, 3.63) is 72.6 Å². The van der Waals surface area contributed by atoms with Gasteiger partial charge in [0.2, 0.25) is 0 Å². The van der Waals surface area contributed by atoms with Crippen LogP contribution in [0, 0.1) is 0 Å². The Hall–Kier alpha value is -3.65. The molecule has 0 aliphatic heterocycles. The predicted molar refractivity (Wildman–Crippen MR) is 120 cm³/mol. The Bertz CT molecular complexity index is 1180. The standard InChI is InChI=1S/C23H21N3O4S/c1-28-17-9-10-21-18(12-17)25-23(31-21)26(14-16-6-5-11-24-13-16)22(27)15-30-20-8-4-3-7-19(20)29-2/h3-13H,14-15H2,1-2H3. The SMILES string of the molecule is COc1ccc2sc(N(Cc3cccnc3)C(=O)COc3ccccc3OC)nc2c1. The molecule has 0 saturated heterocycles. The zero-order valence-electron chi connectivity index (χ0n) is 17.1. The normalized spacial score (nSPS) is 10.6. The first-order valence-electron chi connectivity index (χ1n) is 9.57. The van der Waals surface area contributed by atoms with E-state index in [9.17, 15) is 4.79 Å². The zero-order chi connectivity index (χ0) is 21.6. The Morgan fingerprint density at radius 2 is 1.87 bits per heavy atom. The summed E-state index contributed by atoms with van der Waals surface area (Å²) in [7, 11) is 3.18. The van der Waals surface area contributed by atoms with Gasteiger partial charge in [-0.2, -0.15) is 0 Å². The molecule has 8 heteroatoms. The van der Waals surface area contributed by atoms with Gasteiger partial charge in [-0.1, -0.05) is 29.5 Å². The minimum atomic E-state index is -0.221. The molecule has 0 atom stereocenters. The number of hydrogen-bond donors (Lipinski definition) is 0. The summed E-state index contributed by atoms with van der Waals surface area (Å²) in [6, 6.07) is 16.7. The summed E-state index contributed by atoms with van der Waals surface area (Å²) in [5.41, 5.74) is 1.67. The number of anilines is 1. The molecule has 0 N–H and O–H groups in total. The van der Waals surface area contributed by atoms with Gasteiger partial charge in [0.1, 0.15) is 5.75 Å². The highest BCUT2D eigenvalue weighted by Crippen LogP contribution is 2.32. The van der Waals surface area contributed by atoms with E-state index in [2.05, 4.69) is 9.97 Å². The smallest absolute Gasteiger partial charge is 0.267 e. The molecule has 31 heavy (non-hydrogen) atoms. The third kappa shape index (κ3) is 4.75. The maximum atomic E-state index is 13.2. The Labute approximate surface area is 183 Å². The summed E-state index contributed by atoms with van der Waals surface area (Å²) in [6.45, 7) is 0.179. The lowest BCUT2D eigenvalue weighted by molar-refractivity contribution is -0.120. The first-order chi connectivity index (χ1) is 15.2. The van der Waals surface area contributed by atoms with Gasteiger partial charge in [0, 0.05) is 18.5 Å². The Morgan fingerprint density at radius 1 is 1.03 bits per heavy atom. The lowest BCUT2D eigenvalue weighted by atomic mass is 10.2. The Balaban J connectivity index is 1.61. The van der Waals surface area contributed by atoms with Crippen LogP contribution in [0.3, 0.4) is 0 Å². The van der Waals surface area contributed by atoms with Crippen molar-refractivity contribution in [2.75, 3.05) is 25.7 Å². The maximum Gasteiger partial charge on any atom is 0.267 e. The van der Waals surface area contributed by atoms with Crippen LogP contribution >= 0.6 is 11.3 Å². The van der Waals surface area contributed by atoms with Crippen molar-refractivity contribution >= 4 is 32.6 Å². The third-order valence-corrected chi connectivity index (χ3v) is 5.66. The molecule has 2 aromatic heterocycles. The van der Waals surface area contributed by atoms with Crippen LogP contribution < -0.4 is 19.1 Å². The van der Waals surface area contributed by atoms with Crippen LogP contribution in [-0.4, -0.2) is 36.7 Å². The summed E-state index contributed by atoms with van der Waals surface area (Å²) in [4.78, 5) is 23.6. The molecule has 2 aromatic carbocycles. The van der Waals surface area contributed by atoms with Crippen molar-refractivity contribution < 1.29 is 19.0 Å². The number of hydrogen-bond acceptors (Lipinski definition) is 7. The number of rotatable bonds is 8. The third-order valence-electron chi connectivity index (χ3n) is 4.60. The highest BCUT2D eigenvalue weighted by Gasteiger charge is 2.21. The topological polar surface area (TPSA) is 73.8 Å². The van der Waals surface area contributed by atoms with Gasteiger partial charge in [-0.05, 0) is 35.9 Å². The zero-order valence-corrected chi connectivity index (χ0v) is 18.0. The van der Waals surface area contributed by atoms with Crippen molar-refractivity contribution in [1.82, 2.24) is 9.97 Å². The van der Waals surface area contributed by atoms with Gasteiger partial charge < -0.3 is 14.2 Å². The number of ether oxygens (including phenoxy) is 3. The molecular formula is C23H21N3O4S. The van der Waals surface area contributed by atoms with Gasteiger partial charge in [-0.3, -0.25) is 14.7 Å². The van der Waals surface area contributed by atoms with Crippen LogP contribution in [0.4, 0.5) is 5.13 Å². The van der Waals surface area contributed by atoms with Gasteiger partial charge in [0.15, 0.2) is 23.2 Å². The molecule has 0 unspecified atom stereocenters. The van der Waals surface area contributed by atoms with E-state index >= 15 is 0 Å². The fourth-order valence-corrected chi connectivity index (χ4v) is 3.99. The number of pyridine rings is 1. The summed E-state index contributed by atoms with van der Waals surface area (Å²) in [6.07, 6.45) is 3.43. The van der Waals surface area contributed by atoms with Crippen LogP contribution in [0.2, 0.25) is 0 Å². The highest BCUT2D eigenvalue weighted by atomic mass is 32.1. The predicted octanol–water partition coefficient (Wildman–Crippen LogP) is 4.32. The fraction of sp³-hybridized carbons (Fsp3) is 0.174. The lowest BCUT2D eigenvalue weighted by Gasteiger charge is -2.20. The molecule has 4 rings (SSSR count). The molecular weight excluding hydrogens is 414 g/mol. The van der Waals surface area contributed by atoms with E-state index < -0.39 is 0 Å². The molecule has 4 aromatic rings. The van der Waals surface area contributed by atoms with Gasteiger partial charge >= 0.3 is 0 Å². The number of benzene rings is 2. The number of carbonyl (C=O) groups excluding carboxylic acids is 1. The van der Waals surface area contributed by atoms with Crippen LogP contribution in [0.15, 0.2) is 67.0 Å². The number of amides is 1. The van der Waals surface area contributed by atoms with E-state index in [1.165, 1.54) is 11.3 Å². The number of nitrogens with zero attached hydrogens (tertiary/aromatic N) is 3. The largest absolute Gasteiger partial charge is 0.497 e. The molecule has 0 fully saturated rings. The molecule has 0 aliphatic rings. The number of para-hydroxylation sites is 2. The van der Waals surface area contributed by atoms with Crippen LogP contribution in [0.25, 0.3) is 10.2 Å². The molecule has 7 nitrogen and oxygen atoms in total. The first-order valence-corrected chi connectivity index (χ1v) is 10.4. The lowest BCUT2D eigenvalue weighted by Crippen LogP contribution is -2.34. The van der Waals surface area contributed by atoms with Crippen molar-refractivity contribution in [3.63, 3.8) is 0 Å². The second kappa shape index (κ2) is 9.44. The minimum Gasteiger partial charge on any atom is -0.497 e. The van der Waals surface area contributed by atoms with Crippen molar-refractivity contribution in [2.45, 2.75) is 6.54 Å². The average molecular weight is 436 g/mol. The molecule has 0 radical (unpaired) electrons. The second-order valence-electron chi connectivity index (χ2n) is 6.61. The highest BCUT2D eigenvalue weighted by molar-refractivity contribution is 7.22. The summed E-state index contributed by atoms with van der Waals surface area (Å²) < 4.78 is 17.3. The molecule has 0 saturated carbocycles. The monoisotopic (exact) mass is 435 g/mol. The van der Waals surface area contributed by atoms with E-state index in [0.717, 1.165) is 15.8 Å². The second-order valence-corrected chi connectivity index (χ2v) is 7.62. The van der Waals surface area contributed by atoms with Crippen molar-refractivity contribution in [2.24, 2.45) is 0 Å². The van der Waals surface area contributed by atoms with E-state index in [-0.39, 0.29) is 12.5 Å². The van der Waals surface area contributed by atoms with E-state index in [4.69, 9.17) is 14.2 Å². The van der Waals surface area contributed by atoms with Crippen molar-refractivity contribution in [1.29, 1.82) is 0 Å². The van der Waals surface area contributed by atoms with Crippen LogP contribution in [0.1, 0.15) is 5.56 Å². The molecule has 0 aliphatic carbocycles. The average Bonchev–Trinajstić information content (AvgIpc) is 3.24. The van der Waals surface area contributed by atoms with Crippen molar-refractivity contribution in [3.8, 4) is 17.2 Å². The molecule has 0 spiro atoms. The number of aromatic nitrogens is 2. The van der Waals surface area contributed by atoms with Gasteiger partial charge in [0.05, 0.1) is 31.0 Å². The fourth-order valence-electron chi connectivity index (χ4n) is 3.03. The number of carbonyl (C=O) groups is 1. The maximum absolute atomic E-state index is 13.2. The summed E-state index contributed by atoms with van der Waals surface area (Å²) in [5, 5.41) is 0.584. The first kappa shape index (κ1) is 20.6. The quantitative estimate of drug-likeness (QED) is 0.410. The van der Waals surface area contributed by atoms with Crippen LogP contribution in [-0.2, 0) is 11.3 Å². The van der Waals surface area contributed by atoms with E-state index in [0.29, 0.717) is 28.9 Å². The summed E-state index contributed by atoms with van der Waals surface area (Å²) >= 11 is 1.44. The van der Waals surface area contributed by atoms with E-state index in [1.54, 1.807) is 43.6 Å². The number of thiazole rings is 1. The minimum absolute atomic E-state index is 0.153. The Kier molecular flexibility index (Phi) is 6.28. The van der Waals surface area contributed by atoms with Gasteiger partial charge in [-0.25, -0.2) is 4.98 Å². The number of methoxy groups -OCH3 is 2. The molecule has 158 valence electrons. The molecule has 1 amide bonds. The van der Waals surface area contributed by atoms with Gasteiger partial charge in [-0.15, -0.1) is 0 Å². The van der Waals surface area contributed by atoms with E-state index in [1.807, 2.05) is 42.5 Å². The molecule has 0 bridgehead atoms.